The molecular formula is C17H26N2O. The molecule has 0 aliphatic heterocycles. The van der Waals surface area contributed by atoms with E-state index in [4.69, 9.17) is 5.73 Å². The van der Waals surface area contributed by atoms with Crippen molar-refractivity contribution in [3.8, 4) is 0 Å². The van der Waals surface area contributed by atoms with Gasteiger partial charge in [-0.1, -0.05) is 62.4 Å². The van der Waals surface area contributed by atoms with E-state index in [0.29, 0.717) is 13.0 Å². The van der Waals surface area contributed by atoms with Gasteiger partial charge in [-0.25, -0.2) is 0 Å². The number of hydrogen-bond acceptors (Lipinski definition) is 2. The van der Waals surface area contributed by atoms with Crippen LogP contribution in [0.2, 0.25) is 0 Å². The van der Waals surface area contributed by atoms with Crippen LogP contribution in [0.1, 0.15) is 56.6 Å². The summed E-state index contributed by atoms with van der Waals surface area (Å²) < 4.78 is 0. The van der Waals surface area contributed by atoms with Gasteiger partial charge in [-0.05, 0) is 17.9 Å². The second-order valence-corrected chi connectivity index (χ2v) is 5.81. The zero-order valence-electron chi connectivity index (χ0n) is 12.2. The Morgan fingerprint density at radius 1 is 1.20 bits per heavy atom. The van der Waals surface area contributed by atoms with Crippen molar-refractivity contribution in [1.29, 1.82) is 0 Å². The van der Waals surface area contributed by atoms with E-state index in [1.165, 1.54) is 37.7 Å². The summed E-state index contributed by atoms with van der Waals surface area (Å²) >= 11 is 0. The summed E-state index contributed by atoms with van der Waals surface area (Å²) in [4.78, 5) is 11.9. The van der Waals surface area contributed by atoms with Crippen molar-refractivity contribution in [3.63, 3.8) is 0 Å². The normalized spacial score (nSPS) is 17.6. The fourth-order valence-corrected chi connectivity index (χ4v) is 3.12. The molecule has 3 nitrogen and oxygen atoms in total. The van der Waals surface area contributed by atoms with Crippen LogP contribution in [-0.2, 0) is 4.79 Å². The Morgan fingerprint density at radius 3 is 2.55 bits per heavy atom. The maximum Gasteiger partial charge on any atom is 0.221 e. The number of amides is 1. The van der Waals surface area contributed by atoms with Crippen LogP contribution < -0.4 is 11.1 Å². The Kier molecular flexibility index (Phi) is 6.06. The molecule has 3 N–H and O–H groups in total. The first kappa shape index (κ1) is 15.0. The molecular weight excluding hydrogens is 248 g/mol. The maximum atomic E-state index is 11.9. The fraction of sp³-hybridized carbons (Fsp3) is 0.588. The average molecular weight is 274 g/mol. The summed E-state index contributed by atoms with van der Waals surface area (Å²) in [7, 11) is 0. The Morgan fingerprint density at radius 2 is 1.90 bits per heavy atom. The lowest BCUT2D eigenvalue weighted by Gasteiger charge is -2.27. The zero-order valence-corrected chi connectivity index (χ0v) is 12.2. The molecule has 20 heavy (non-hydrogen) atoms. The van der Waals surface area contributed by atoms with Crippen LogP contribution in [0, 0.1) is 5.92 Å². The van der Waals surface area contributed by atoms with Gasteiger partial charge < -0.3 is 11.1 Å². The molecule has 1 unspecified atom stereocenters. The lowest BCUT2D eigenvalue weighted by Crippen LogP contribution is -2.31. The molecule has 1 amide bonds. The van der Waals surface area contributed by atoms with Gasteiger partial charge in [-0.2, -0.15) is 0 Å². The number of nitrogens with one attached hydrogen (secondary N) is 1. The van der Waals surface area contributed by atoms with Crippen LogP contribution in [0.15, 0.2) is 30.3 Å². The van der Waals surface area contributed by atoms with Crippen molar-refractivity contribution in [1.82, 2.24) is 5.32 Å². The van der Waals surface area contributed by atoms with Crippen LogP contribution in [0.25, 0.3) is 0 Å². The maximum absolute atomic E-state index is 11.9. The monoisotopic (exact) mass is 274 g/mol. The SMILES string of the molecule is NCCC(=O)NC(CC1CCCCC1)c1ccccc1. The second-order valence-electron chi connectivity index (χ2n) is 5.81. The van der Waals surface area contributed by atoms with Gasteiger partial charge in [0.15, 0.2) is 0 Å². The van der Waals surface area contributed by atoms with Crippen LogP contribution in [0.4, 0.5) is 0 Å². The van der Waals surface area contributed by atoms with Gasteiger partial charge in [0, 0.05) is 13.0 Å². The van der Waals surface area contributed by atoms with Gasteiger partial charge in [0.1, 0.15) is 0 Å². The van der Waals surface area contributed by atoms with Gasteiger partial charge >= 0.3 is 0 Å². The van der Waals surface area contributed by atoms with Crippen molar-refractivity contribution in [2.75, 3.05) is 6.54 Å². The van der Waals surface area contributed by atoms with Gasteiger partial charge in [0.2, 0.25) is 5.91 Å². The Hall–Kier alpha value is -1.35. The van der Waals surface area contributed by atoms with Crippen molar-refractivity contribution < 1.29 is 4.79 Å². The van der Waals surface area contributed by atoms with Crippen molar-refractivity contribution in [2.24, 2.45) is 11.7 Å². The fourth-order valence-electron chi connectivity index (χ4n) is 3.12. The molecule has 1 aromatic carbocycles. The summed E-state index contributed by atoms with van der Waals surface area (Å²) in [5.41, 5.74) is 6.68. The van der Waals surface area contributed by atoms with Crippen LogP contribution in [0.3, 0.4) is 0 Å². The highest BCUT2D eigenvalue weighted by Gasteiger charge is 2.21. The Balaban J connectivity index is 2.01. The van der Waals surface area contributed by atoms with E-state index in [2.05, 4.69) is 17.4 Å². The average Bonchev–Trinajstić information content (AvgIpc) is 2.49. The summed E-state index contributed by atoms with van der Waals surface area (Å²) in [6, 6.07) is 10.4. The van der Waals surface area contributed by atoms with Gasteiger partial charge in [-0.15, -0.1) is 0 Å². The summed E-state index contributed by atoms with van der Waals surface area (Å²) in [5.74, 6) is 0.810. The molecule has 1 atom stereocenters. The first-order chi connectivity index (χ1) is 9.79. The van der Waals surface area contributed by atoms with Gasteiger partial charge in [0.25, 0.3) is 0 Å². The van der Waals surface area contributed by atoms with Crippen molar-refractivity contribution in [2.45, 2.75) is 51.0 Å². The van der Waals surface area contributed by atoms with E-state index in [9.17, 15) is 4.79 Å². The molecule has 2 rings (SSSR count). The number of carbonyl (C=O) groups is 1. The topological polar surface area (TPSA) is 55.1 Å². The van der Waals surface area contributed by atoms with Crippen LogP contribution in [0.5, 0.6) is 0 Å². The molecule has 110 valence electrons. The minimum Gasteiger partial charge on any atom is -0.349 e. The van der Waals surface area contributed by atoms with Crippen LogP contribution >= 0.6 is 0 Å². The minimum absolute atomic E-state index is 0.0668. The molecule has 1 fully saturated rings. The van der Waals surface area contributed by atoms with Gasteiger partial charge in [0.05, 0.1) is 6.04 Å². The van der Waals surface area contributed by atoms with Crippen LogP contribution in [-0.4, -0.2) is 12.5 Å². The summed E-state index contributed by atoms with van der Waals surface area (Å²) in [6.07, 6.45) is 8.11. The third-order valence-electron chi connectivity index (χ3n) is 4.20. The standard InChI is InChI=1S/C17H26N2O/c18-12-11-17(20)19-16(15-9-5-2-6-10-15)13-14-7-3-1-4-8-14/h2,5-6,9-10,14,16H,1,3-4,7-8,11-13,18H2,(H,19,20). The molecule has 3 heteroatoms. The highest BCUT2D eigenvalue weighted by Crippen LogP contribution is 2.31. The predicted octanol–water partition coefficient (Wildman–Crippen LogP) is 3.16. The Labute approximate surface area is 121 Å². The zero-order chi connectivity index (χ0) is 14.2. The second kappa shape index (κ2) is 8.05. The molecule has 0 radical (unpaired) electrons. The van der Waals surface area contributed by atoms with E-state index in [0.717, 1.165) is 12.3 Å². The molecule has 1 aliphatic carbocycles. The quantitative estimate of drug-likeness (QED) is 0.837. The molecule has 1 aliphatic rings. The molecule has 1 saturated carbocycles. The van der Waals surface area contributed by atoms with Crippen molar-refractivity contribution in [3.05, 3.63) is 35.9 Å². The van der Waals surface area contributed by atoms with E-state index >= 15 is 0 Å². The largest absolute Gasteiger partial charge is 0.349 e. The molecule has 0 saturated heterocycles. The first-order valence-corrected chi connectivity index (χ1v) is 7.84. The smallest absolute Gasteiger partial charge is 0.221 e. The number of hydrogen-bond donors (Lipinski definition) is 2. The third kappa shape index (κ3) is 4.64. The summed E-state index contributed by atoms with van der Waals surface area (Å²) in [6.45, 7) is 0.413. The molecule has 1 aromatic rings. The van der Waals surface area contributed by atoms with Gasteiger partial charge in [-0.3, -0.25) is 4.79 Å². The van der Waals surface area contributed by atoms with E-state index < -0.39 is 0 Å². The number of rotatable bonds is 6. The molecule has 0 spiro atoms. The lowest BCUT2D eigenvalue weighted by molar-refractivity contribution is -0.121. The highest BCUT2D eigenvalue weighted by molar-refractivity contribution is 5.76. The predicted molar refractivity (Wildman–Crippen MR) is 82.2 cm³/mol. The molecule has 0 bridgehead atoms. The van der Waals surface area contributed by atoms with E-state index in [-0.39, 0.29) is 11.9 Å². The minimum atomic E-state index is 0.0668. The Bertz CT molecular complexity index is 399. The van der Waals surface area contributed by atoms with E-state index in [1.54, 1.807) is 0 Å². The number of benzene rings is 1. The first-order valence-electron chi connectivity index (χ1n) is 7.84. The summed E-state index contributed by atoms with van der Waals surface area (Å²) in [5, 5.41) is 3.16. The molecule has 0 heterocycles. The number of nitrogens with two attached hydrogens (primary N) is 1. The number of carbonyl (C=O) groups excluding carboxylic acids is 1. The highest BCUT2D eigenvalue weighted by atomic mass is 16.1. The lowest BCUT2D eigenvalue weighted by atomic mass is 9.83. The van der Waals surface area contributed by atoms with Crippen molar-refractivity contribution >= 4 is 5.91 Å². The van der Waals surface area contributed by atoms with E-state index in [1.807, 2.05) is 18.2 Å². The molecule has 0 aromatic heterocycles. The third-order valence-corrected chi connectivity index (χ3v) is 4.20.